The van der Waals surface area contributed by atoms with Crippen molar-refractivity contribution in [1.82, 2.24) is 9.78 Å². The summed E-state index contributed by atoms with van der Waals surface area (Å²) in [7, 11) is 0. The quantitative estimate of drug-likeness (QED) is 0.583. The first-order valence-electron chi connectivity index (χ1n) is 8.97. The average molecular weight is 394 g/mol. The minimum atomic E-state index is -0.0541. The van der Waals surface area contributed by atoms with Gasteiger partial charge in [0.1, 0.15) is 0 Å². The lowest BCUT2D eigenvalue weighted by Gasteiger charge is -2.27. The molecule has 0 aliphatic carbocycles. The number of nitrogens with zero attached hydrogens (tertiary/aromatic N) is 2. The predicted molar refractivity (Wildman–Crippen MR) is 105 cm³/mol. The fourth-order valence-electron chi connectivity index (χ4n) is 3.18. The number of aromatic nitrogens is 2. The Morgan fingerprint density at radius 3 is 2.85 bits per heavy atom. The summed E-state index contributed by atoms with van der Waals surface area (Å²) in [5.41, 5.74) is 2.22. The van der Waals surface area contributed by atoms with Gasteiger partial charge in [0.2, 0.25) is 5.13 Å². The second-order valence-electron chi connectivity index (χ2n) is 6.55. The van der Waals surface area contributed by atoms with E-state index in [1.54, 1.807) is 0 Å². The van der Waals surface area contributed by atoms with Crippen LogP contribution in [-0.4, -0.2) is 35.4 Å². The van der Waals surface area contributed by atoms with Crippen molar-refractivity contribution in [2.24, 2.45) is 5.92 Å². The summed E-state index contributed by atoms with van der Waals surface area (Å²) < 4.78 is 7.79. The Balaban J connectivity index is 1.58. The van der Waals surface area contributed by atoms with Crippen LogP contribution in [0.25, 0.3) is 0 Å². The summed E-state index contributed by atoms with van der Waals surface area (Å²) in [6.45, 7) is 6.98. The van der Waals surface area contributed by atoms with Gasteiger partial charge in [0.25, 0.3) is 0 Å². The number of piperidine rings is 1. The molecule has 1 aliphatic heterocycles. The number of anilines is 2. The van der Waals surface area contributed by atoms with Crippen LogP contribution in [0.4, 0.5) is 10.8 Å². The fourth-order valence-corrected chi connectivity index (χ4v) is 4.20. The van der Waals surface area contributed by atoms with Crippen LogP contribution >= 0.6 is 23.6 Å². The van der Waals surface area contributed by atoms with Crippen LogP contribution in [0, 0.1) is 16.8 Å². The summed E-state index contributed by atoms with van der Waals surface area (Å²) in [4.78, 5) is 13.2. The molecule has 1 aromatic heterocycles. The molecule has 140 valence electrons. The molecular formula is C18H25N4O2S2+. The van der Waals surface area contributed by atoms with Crippen LogP contribution in [0.15, 0.2) is 24.3 Å². The van der Waals surface area contributed by atoms with Crippen molar-refractivity contribution in [2.45, 2.75) is 33.4 Å². The first kappa shape index (κ1) is 19.0. The number of carbonyl (C=O) groups excluding carboxylic acids is 1. The number of esters is 1. The summed E-state index contributed by atoms with van der Waals surface area (Å²) in [6.07, 6.45) is 1.72. The molecule has 0 amide bonds. The number of ether oxygens (including phenoxy) is 1. The normalized spacial score (nSPS) is 19.9. The van der Waals surface area contributed by atoms with E-state index >= 15 is 0 Å². The molecule has 8 heteroatoms. The lowest BCUT2D eigenvalue weighted by atomic mass is 9.97. The second-order valence-corrected chi connectivity index (χ2v) is 8.17. The molecule has 6 nitrogen and oxygen atoms in total. The molecule has 3 rings (SSSR count). The number of hydrogen-bond acceptors (Lipinski definition) is 6. The molecule has 2 heterocycles. The van der Waals surface area contributed by atoms with Gasteiger partial charge in [0.05, 0.1) is 25.6 Å². The van der Waals surface area contributed by atoms with E-state index in [2.05, 4.69) is 23.4 Å². The number of benzene rings is 1. The highest BCUT2D eigenvalue weighted by molar-refractivity contribution is 7.73. The maximum Gasteiger partial charge on any atom is 0.309 e. The van der Waals surface area contributed by atoms with Crippen LogP contribution in [0.3, 0.4) is 0 Å². The van der Waals surface area contributed by atoms with Crippen molar-refractivity contribution in [3.05, 3.63) is 33.8 Å². The highest BCUT2D eigenvalue weighted by Gasteiger charge is 2.28. The van der Waals surface area contributed by atoms with Gasteiger partial charge in [-0.2, -0.15) is 4.68 Å². The van der Waals surface area contributed by atoms with Crippen molar-refractivity contribution in [2.75, 3.05) is 25.0 Å². The van der Waals surface area contributed by atoms with Gasteiger partial charge in [-0.3, -0.25) is 4.79 Å². The molecule has 1 saturated heterocycles. The Hall–Kier alpha value is -1.77. The minimum Gasteiger partial charge on any atom is -0.466 e. The Morgan fingerprint density at radius 2 is 2.15 bits per heavy atom. The van der Waals surface area contributed by atoms with Crippen LogP contribution in [0.2, 0.25) is 0 Å². The number of aryl methyl sites for hydroxylation is 1. The first-order chi connectivity index (χ1) is 12.6. The van der Waals surface area contributed by atoms with E-state index < -0.39 is 0 Å². The van der Waals surface area contributed by atoms with Crippen LogP contribution < -0.4 is 10.2 Å². The number of likely N-dealkylation sites (tertiary alicyclic amines) is 1. The summed E-state index contributed by atoms with van der Waals surface area (Å²) in [5.74, 6) is -0.0121. The van der Waals surface area contributed by atoms with E-state index in [4.69, 9.17) is 17.0 Å². The zero-order valence-electron chi connectivity index (χ0n) is 15.2. The number of hydrogen-bond donors (Lipinski definition) is 2. The molecule has 2 aromatic rings. The van der Waals surface area contributed by atoms with E-state index in [0.717, 1.165) is 47.4 Å². The van der Waals surface area contributed by atoms with Gasteiger partial charge in [0.15, 0.2) is 10.6 Å². The van der Waals surface area contributed by atoms with Gasteiger partial charge in [-0.15, -0.1) is 5.10 Å². The van der Waals surface area contributed by atoms with E-state index in [1.807, 2.05) is 29.8 Å². The van der Waals surface area contributed by atoms with E-state index in [0.29, 0.717) is 6.61 Å². The monoisotopic (exact) mass is 393 g/mol. The lowest BCUT2D eigenvalue weighted by Crippen LogP contribution is -3.12. The maximum absolute atomic E-state index is 11.8. The molecule has 0 unspecified atom stereocenters. The SMILES string of the molecule is CCOC(=O)C1CC[NH+](Cn2nc(Nc3ccccc3C)sc2=S)CC1. The smallest absolute Gasteiger partial charge is 0.309 e. The van der Waals surface area contributed by atoms with E-state index in [1.165, 1.54) is 21.8 Å². The number of para-hydroxylation sites is 1. The highest BCUT2D eigenvalue weighted by atomic mass is 32.1. The van der Waals surface area contributed by atoms with Crippen LogP contribution in [0.1, 0.15) is 25.3 Å². The first-order valence-corrected chi connectivity index (χ1v) is 10.2. The molecule has 0 saturated carbocycles. The second kappa shape index (κ2) is 8.75. The van der Waals surface area contributed by atoms with Crippen molar-refractivity contribution >= 4 is 40.3 Å². The average Bonchev–Trinajstić information content (AvgIpc) is 2.97. The summed E-state index contributed by atoms with van der Waals surface area (Å²) in [6, 6.07) is 8.12. The standard InChI is InChI=1S/C18H24N4O2S2/c1-3-24-16(23)14-8-10-21(11-9-14)12-22-18(25)26-17(20-22)19-15-7-5-4-6-13(15)2/h4-7,14H,3,8-12H2,1-2H3,(H,19,20)/p+1. The molecule has 0 radical (unpaired) electrons. The summed E-state index contributed by atoms with van der Waals surface area (Å²) >= 11 is 6.97. The highest BCUT2D eigenvalue weighted by Crippen LogP contribution is 2.22. The molecule has 0 spiro atoms. The van der Waals surface area contributed by atoms with Crippen molar-refractivity contribution in [3.8, 4) is 0 Å². The maximum atomic E-state index is 11.8. The molecule has 1 aromatic carbocycles. The third-order valence-electron chi connectivity index (χ3n) is 4.68. The Morgan fingerprint density at radius 1 is 1.42 bits per heavy atom. The zero-order valence-corrected chi connectivity index (χ0v) is 16.8. The minimum absolute atomic E-state index is 0.0420. The molecule has 2 N–H and O–H groups in total. The van der Waals surface area contributed by atoms with Crippen molar-refractivity contribution in [1.29, 1.82) is 0 Å². The largest absolute Gasteiger partial charge is 0.466 e. The molecule has 26 heavy (non-hydrogen) atoms. The molecular weight excluding hydrogens is 368 g/mol. The summed E-state index contributed by atoms with van der Waals surface area (Å²) in [5, 5.41) is 8.80. The number of rotatable bonds is 6. The molecule has 0 atom stereocenters. The van der Waals surface area contributed by atoms with Gasteiger partial charge < -0.3 is 15.0 Å². The van der Waals surface area contributed by atoms with Gasteiger partial charge in [-0.05, 0) is 37.7 Å². The van der Waals surface area contributed by atoms with Crippen molar-refractivity contribution < 1.29 is 14.4 Å². The predicted octanol–water partition coefficient (Wildman–Crippen LogP) is 2.54. The molecule has 1 fully saturated rings. The number of quaternary nitrogens is 1. The third-order valence-corrected chi connectivity index (χ3v) is 5.90. The Bertz CT molecular complexity index is 810. The van der Waals surface area contributed by atoms with Crippen LogP contribution in [-0.2, 0) is 16.2 Å². The number of carbonyl (C=O) groups is 1. The third kappa shape index (κ3) is 4.69. The van der Waals surface area contributed by atoms with Gasteiger partial charge in [0, 0.05) is 18.5 Å². The lowest BCUT2D eigenvalue weighted by molar-refractivity contribution is -0.928. The van der Waals surface area contributed by atoms with Gasteiger partial charge in [-0.1, -0.05) is 29.5 Å². The number of nitrogens with one attached hydrogen (secondary N) is 2. The Kier molecular flexibility index (Phi) is 6.39. The topological polar surface area (TPSA) is 60.6 Å². The van der Waals surface area contributed by atoms with E-state index in [-0.39, 0.29) is 11.9 Å². The van der Waals surface area contributed by atoms with Gasteiger partial charge in [-0.25, -0.2) is 0 Å². The van der Waals surface area contributed by atoms with E-state index in [9.17, 15) is 4.79 Å². The van der Waals surface area contributed by atoms with Gasteiger partial charge >= 0.3 is 5.97 Å². The zero-order chi connectivity index (χ0) is 18.5. The Labute approximate surface area is 162 Å². The van der Waals surface area contributed by atoms with Crippen molar-refractivity contribution in [3.63, 3.8) is 0 Å². The molecule has 0 bridgehead atoms. The van der Waals surface area contributed by atoms with Crippen LogP contribution in [0.5, 0.6) is 0 Å². The molecule has 1 aliphatic rings. The fraction of sp³-hybridized carbons (Fsp3) is 0.500.